The molecule has 6 rings (SSSR count). The van der Waals surface area contributed by atoms with Crippen LogP contribution in [0.25, 0.3) is 11.0 Å². The van der Waals surface area contributed by atoms with Gasteiger partial charge in [-0.25, -0.2) is 14.8 Å². The third kappa shape index (κ3) is 5.14. The van der Waals surface area contributed by atoms with Gasteiger partial charge in [-0.2, -0.15) is 0 Å². The van der Waals surface area contributed by atoms with Gasteiger partial charge in [-0.15, -0.1) is 0 Å². The molecule has 4 fully saturated rings. The Morgan fingerprint density at radius 2 is 1.90 bits per heavy atom. The van der Waals surface area contributed by atoms with E-state index >= 15 is 0 Å². The van der Waals surface area contributed by atoms with Crippen molar-refractivity contribution in [2.24, 2.45) is 0 Å². The van der Waals surface area contributed by atoms with Gasteiger partial charge in [0, 0.05) is 25.8 Å². The molecular formula is C28H40ClN5O5. The highest BCUT2D eigenvalue weighted by atomic mass is 35.5. The minimum atomic E-state index is -0.717. The number of amides is 1. The van der Waals surface area contributed by atoms with Crippen molar-refractivity contribution in [3.8, 4) is 0 Å². The topological polar surface area (TPSA) is 91.2 Å². The first-order chi connectivity index (χ1) is 18.4. The van der Waals surface area contributed by atoms with E-state index in [9.17, 15) is 4.79 Å². The lowest BCUT2D eigenvalue weighted by Crippen LogP contribution is -2.63. The van der Waals surface area contributed by atoms with Crippen LogP contribution in [0.15, 0.2) is 18.6 Å². The number of likely N-dealkylation sites (tertiary alicyclic amines) is 2. The zero-order valence-electron chi connectivity index (χ0n) is 23.6. The third-order valence-corrected chi connectivity index (χ3v) is 8.69. The van der Waals surface area contributed by atoms with E-state index < -0.39 is 17.6 Å². The van der Waals surface area contributed by atoms with Crippen molar-refractivity contribution in [2.75, 3.05) is 26.2 Å². The normalized spacial score (nSPS) is 33.1. The Morgan fingerprint density at radius 3 is 2.69 bits per heavy atom. The van der Waals surface area contributed by atoms with Crippen LogP contribution in [0.4, 0.5) is 4.79 Å². The summed E-state index contributed by atoms with van der Waals surface area (Å²) in [5.41, 5.74) is -0.0249. The molecule has 4 aliphatic rings. The quantitative estimate of drug-likeness (QED) is 0.496. The van der Waals surface area contributed by atoms with E-state index in [2.05, 4.69) is 14.9 Å². The number of piperidine rings is 2. The second-order valence-electron chi connectivity index (χ2n) is 12.9. The molecular weight excluding hydrogens is 522 g/mol. The van der Waals surface area contributed by atoms with Crippen LogP contribution in [0.3, 0.4) is 0 Å². The fraction of sp³-hybridized carbons (Fsp3) is 0.750. The predicted molar refractivity (Wildman–Crippen MR) is 145 cm³/mol. The van der Waals surface area contributed by atoms with Crippen molar-refractivity contribution in [2.45, 2.75) is 108 Å². The van der Waals surface area contributed by atoms with E-state index in [1.165, 1.54) is 6.33 Å². The Morgan fingerprint density at radius 1 is 1.13 bits per heavy atom. The summed E-state index contributed by atoms with van der Waals surface area (Å²) in [4.78, 5) is 26.3. The summed E-state index contributed by atoms with van der Waals surface area (Å²) in [6.45, 7) is 12.9. The molecule has 2 aromatic heterocycles. The van der Waals surface area contributed by atoms with Gasteiger partial charge in [0.1, 0.15) is 41.0 Å². The molecule has 0 bridgehead atoms. The summed E-state index contributed by atoms with van der Waals surface area (Å²) >= 11 is 6.33. The van der Waals surface area contributed by atoms with Crippen LogP contribution in [0.5, 0.6) is 0 Å². The van der Waals surface area contributed by atoms with E-state index in [1.54, 1.807) is 0 Å². The fourth-order valence-corrected chi connectivity index (χ4v) is 7.11. The highest BCUT2D eigenvalue weighted by molar-refractivity contribution is 6.33. The zero-order chi connectivity index (χ0) is 27.6. The predicted octanol–water partition coefficient (Wildman–Crippen LogP) is 4.76. The first kappa shape index (κ1) is 27.2. The summed E-state index contributed by atoms with van der Waals surface area (Å²) in [6, 6.07) is 1.91. The van der Waals surface area contributed by atoms with Crippen molar-refractivity contribution in [3.05, 3.63) is 23.7 Å². The molecule has 10 nitrogen and oxygen atoms in total. The molecule has 11 heteroatoms. The van der Waals surface area contributed by atoms with Gasteiger partial charge in [0.05, 0.1) is 10.9 Å². The minimum Gasteiger partial charge on any atom is -0.444 e. The molecule has 1 spiro atoms. The molecule has 2 aromatic rings. The average molecular weight is 562 g/mol. The molecule has 6 heterocycles. The number of fused-ring (bicyclic) bond motifs is 2. The smallest absolute Gasteiger partial charge is 0.410 e. The van der Waals surface area contributed by atoms with E-state index in [4.69, 9.17) is 30.5 Å². The Labute approximate surface area is 234 Å². The number of ether oxygens (including phenoxy) is 4. The number of carbonyl (C=O) groups is 1. The SMILES string of the molecule is CC(C)(C)OC(=O)N1CCCCC12CCCN(C[C@H]1O[C@@H](n3ccc4c(Cl)ncnc43)[C@@H]3OC(C)(C)O[C@@H]31)C2. The van der Waals surface area contributed by atoms with Gasteiger partial charge in [0.25, 0.3) is 0 Å². The molecule has 0 aromatic carbocycles. The third-order valence-electron chi connectivity index (χ3n) is 8.39. The summed E-state index contributed by atoms with van der Waals surface area (Å²) < 4.78 is 27.3. The number of nitrogens with zero attached hydrogens (tertiary/aromatic N) is 5. The largest absolute Gasteiger partial charge is 0.444 e. The van der Waals surface area contributed by atoms with Crippen LogP contribution < -0.4 is 0 Å². The molecule has 214 valence electrons. The van der Waals surface area contributed by atoms with Crippen LogP contribution in [0.2, 0.25) is 5.15 Å². The van der Waals surface area contributed by atoms with Crippen molar-refractivity contribution in [1.29, 1.82) is 0 Å². The number of rotatable bonds is 3. The zero-order valence-corrected chi connectivity index (χ0v) is 24.3. The maximum atomic E-state index is 13.3. The number of carbonyl (C=O) groups excluding carboxylic acids is 1. The van der Waals surface area contributed by atoms with Crippen molar-refractivity contribution < 1.29 is 23.7 Å². The summed E-state index contributed by atoms with van der Waals surface area (Å²) in [7, 11) is 0. The highest BCUT2D eigenvalue weighted by Gasteiger charge is 2.57. The van der Waals surface area contributed by atoms with Gasteiger partial charge in [0.2, 0.25) is 0 Å². The van der Waals surface area contributed by atoms with Gasteiger partial charge in [-0.1, -0.05) is 11.6 Å². The Bertz CT molecular complexity index is 1230. The summed E-state index contributed by atoms with van der Waals surface area (Å²) in [6.07, 6.45) is 7.20. The Balaban J connectivity index is 1.23. The highest BCUT2D eigenvalue weighted by Crippen LogP contribution is 2.45. The maximum Gasteiger partial charge on any atom is 0.410 e. The van der Waals surface area contributed by atoms with Gasteiger partial charge in [-0.3, -0.25) is 4.90 Å². The lowest BCUT2D eigenvalue weighted by molar-refractivity contribution is -0.198. The monoisotopic (exact) mass is 561 g/mol. The average Bonchev–Trinajstić information content (AvgIpc) is 3.50. The van der Waals surface area contributed by atoms with Crippen molar-refractivity contribution >= 4 is 28.7 Å². The second-order valence-corrected chi connectivity index (χ2v) is 13.3. The number of hydrogen-bond acceptors (Lipinski definition) is 8. The summed E-state index contributed by atoms with van der Waals surface area (Å²) in [5, 5.41) is 1.19. The standard InChI is InChI=1S/C28H40ClN5O5/c1-26(2,3)39-25(35)34-13-7-6-10-28(34)11-8-12-32(16-28)15-19-20-21(38-27(4,5)37-20)24(36-19)33-14-9-18-22(29)30-17-31-23(18)33/h9,14,17,19-21,24H,6-8,10-13,15-16H2,1-5H3/t19-,20-,21-,24-,28?/m1/s1. The molecule has 0 aliphatic carbocycles. The van der Waals surface area contributed by atoms with Crippen LogP contribution in [0.1, 0.15) is 73.0 Å². The van der Waals surface area contributed by atoms with E-state index in [-0.39, 0.29) is 29.9 Å². The lowest BCUT2D eigenvalue weighted by atomic mass is 9.80. The number of hydrogen-bond donors (Lipinski definition) is 0. The molecule has 0 saturated carbocycles. The molecule has 1 unspecified atom stereocenters. The van der Waals surface area contributed by atoms with Crippen molar-refractivity contribution in [3.63, 3.8) is 0 Å². The molecule has 1 amide bonds. The molecule has 0 N–H and O–H groups in total. The fourth-order valence-electron chi connectivity index (χ4n) is 6.91. The first-order valence-electron chi connectivity index (χ1n) is 14.2. The van der Waals surface area contributed by atoms with Crippen LogP contribution >= 0.6 is 11.6 Å². The van der Waals surface area contributed by atoms with Gasteiger partial charge in [-0.05, 0) is 79.3 Å². The van der Waals surface area contributed by atoms with Crippen molar-refractivity contribution in [1.82, 2.24) is 24.3 Å². The Hall–Kier alpha value is -1.98. The van der Waals surface area contributed by atoms with E-state index in [0.717, 1.165) is 57.1 Å². The van der Waals surface area contributed by atoms with Gasteiger partial charge < -0.3 is 28.4 Å². The lowest BCUT2D eigenvalue weighted by Gasteiger charge is -2.52. The van der Waals surface area contributed by atoms with E-state index in [0.29, 0.717) is 17.3 Å². The van der Waals surface area contributed by atoms with E-state index in [1.807, 2.05) is 56.3 Å². The maximum absolute atomic E-state index is 13.3. The summed E-state index contributed by atoms with van der Waals surface area (Å²) in [5.74, 6) is -0.717. The molecule has 39 heavy (non-hydrogen) atoms. The molecule has 4 saturated heterocycles. The van der Waals surface area contributed by atoms with Gasteiger partial charge in [0.15, 0.2) is 12.0 Å². The van der Waals surface area contributed by atoms with Crippen LogP contribution in [-0.2, 0) is 18.9 Å². The minimum absolute atomic E-state index is 0.198. The number of aromatic nitrogens is 3. The van der Waals surface area contributed by atoms with Crippen LogP contribution in [-0.4, -0.2) is 91.8 Å². The second kappa shape index (κ2) is 9.83. The first-order valence-corrected chi connectivity index (χ1v) is 14.5. The number of halogens is 1. The van der Waals surface area contributed by atoms with Crippen LogP contribution in [0, 0.1) is 0 Å². The van der Waals surface area contributed by atoms with Gasteiger partial charge >= 0.3 is 6.09 Å². The molecule has 5 atom stereocenters. The molecule has 0 radical (unpaired) electrons. The molecule has 4 aliphatic heterocycles. The Kier molecular flexibility index (Phi) is 6.86.